The lowest BCUT2D eigenvalue weighted by molar-refractivity contribution is 0.701. The average Bonchev–Trinajstić information content (AvgIpc) is 3.20. The highest BCUT2D eigenvalue weighted by Gasteiger charge is 2.20. The van der Waals surface area contributed by atoms with Gasteiger partial charge < -0.3 is 4.57 Å². The molecule has 0 aliphatic rings. The van der Waals surface area contributed by atoms with Crippen molar-refractivity contribution < 1.29 is 0 Å². The number of nitrogens with zero attached hydrogens (tertiary/aromatic N) is 1. The Bertz CT molecular complexity index is 1310. The summed E-state index contributed by atoms with van der Waals surface area (Å²) in [5.74, 6) is 0.826. The van der Waals surface area contributed by atoms with Crippen LogP contribution in [0.1, 0.15) is 22.7 Å². The summed E-state index contributed by atoms with van der Waals surface area (Å²) in [6, 6.07) is 36.0. The lowest BCUT2D eigenvalue weighted by Crippen LogP contribution is -2.11. The zero-order valence-electron chi connectivity index (χ0n) is 17.3. The molecule has 0 radical (unpaired) electrons. The second-order valence-electron chi connectivity index (χ2n) is 7.68. The van der Waals surface area contributed by atoms with E-state index in [1.165, 1.54) is 26.9 Å². The fourth-order valence-electron chi connectivity index (χ4n) is 4.08. The van der Waals surface area contributed by atoms with Gasteiger partial charge in [-0.25, -0.2) is 0 Å². The van der Waals surface area contributed by atoms with Crippen molar-refractivity contribution in [2.24, 2.45) is 0 Å². The van der Waals surface area contributed by atoms with Crippen molar-refractivity contribution in [3.05, 3.63) is 136 Å². The minimum Gasteiger partial charge on any atom is -0.335 e. The summed E-state index contributed by atoms with van der Waals surface area (Å²) >= 11 is 14.1. The van der Waals surface area contributed by atoms with Crippen molar-refractivity contribution in [2.75, 3.05) is 0 Å². The molecular formula is C28H21Cl2NS. The van der Waals surface area contributed by atoms with Gasteiger partial charge in [-0.3, -0.25) is 0 Å². The van der Waals surface area contributed by atoms with Crippen LogP contribution in [-0.2, 0) is 5.75 Å². The van der Waals surface area contributed by atoms with E-state index in [4.69, 9.17) is 23.2 Å². The molecule has 0 N–H and O–H groups in total. The van der Waals surface area contributed by atoms with Crippen molar-refractivity contribution in [2.45, 2.75) is 16.7 Å². The standard InChI is InChI=1S/C28H21Cl2NS/c29-24-16-15-20(17-25(24)30)19-32-27-18-31(26-14-8-7-13-23(26)27)28(21-9-3-1-4-10-21)22-11-5-2-6-12-22/h1-18,28H,19H2. The van der Waals surface area contributed by atoms with E-state index < -0.39 is 0 Å². The zero-order chi connectivity index (χ0) is 21.9. The van der Waals surface area contributed by atoms with Crippen LogP contribution in [0.5, 0.6) is 0 Å². The summed E-state index contributed by atoms with van der Waals surface area (Å²) < 4.78 is 2.40. The number of hydrogen-bond donors (Lipinski definition) is 0. The molecule has 4 aromatic carbocycles. The van der Waals surface area contributed by atoms with Crippen LogP contribution in [0.4, 0.5) is 0 Å². The van der Waals surface area contributed by atoms with Crippen molar-refractivity contribution in [3.63, 3.8) is 0 Å². The minimum absolute atomic E-state index is 0.0987. The molecule has 4 heteroatoms. The van der Waals surface area contributed by atoms with Gasteiger partial charge in [-0.2, -0.15) is 0 Å². The van der Waals surface area contributed by atoms with E-state index in [9.17, 15) is 0 Å². The molecule has 32 heavy (non-hydrogen) atoms. The van der Waals surface area contributed by atoms with Crippen molar-refractivity contribution in [1.29, 1.82) is 0 Å². The normalized spacial score (nSPS) is 11.3. The van der Waals surface area contributed by atoms with Gasteiger partial charge in [0.1, 0.15) is 0 Å². The quantitative estimate of drug-likeness (QED) is 0.223. The second kappa shape index (κ2) is 9.46. The molecule has 0 saturated carbocycles. The molecule has 158 valence electrons. The first-order valence-electron chi connectivity index (χ1n) is 10.5. The molecule has 0 atom stereocenters. The first kappa shape index (κ1) is 21.2. The minimum atomic E-state index is 0.0987. The molecule has 5 aromatic rings. The third-order valence-corrected chi connectivity index (χ3v) is 7.44. The molecule has 0 unspecified atom stereocenters. The van der Waals surface area contributed by atoms with Gasteiger partial charge >= 0.3 is 0 Å². The zero-order valence-corrected chi connectivity index (χ0v) is 19.6. The van der Waals surface area contributed by atoms with Gasteiger partial charge in [0.05, 0.1) is 21.6 Å². The van der Waals surface area contributed by atoms with Gasteiger partial charge in [-0.1, -0.05) is 108 Å². The Balaban J connectivity index is 1.58. The van der Waals surface area contributed by atoms with Gasteiger partial charge in [-0.05, 0) is 34.9 Å². The number of benzene rings is 4. The predicted molar refractivity (Wildman–Crippen MR) is 138 cm³/mol. The third-order valence-electron chi connectivity index (χ3n) is 5.59. The molecule has 0 amide bonds. The maximum absolute atomic E-state index is 6.23. The molecule has 0 fully saturated rings. The molecule has 0 aliphatic heterocycles. The fourth-order valence-corrected chi connectivity index (χ4v) is 5.41. The maximum atomic E-state index is 6.23. The fraction of sp³-hybridized carbons (Fsp3) is 0.0714. The highest BCUT2D eigenvalue weighted by Crippen LogP contribution is 2.38. The van der Waals surface area contributed by atoms with Crippen LogP contribution in [-0.4, -0.2) is 4.57 Å². The number of para-hydroxylation sites is 1. The summed E-state index contributed by atoms with van der Waals surface area (Å²) in [6.45, 7) is 0. The number of halogens is 2. The molecule has 0 spiro atoms. The third kappa shape index (κ3) is 4.31. The first-order valence-corrected chi connectivity index (χ1v) is 12.2. The van der Waals surface area contributed by atoms with Gasteiger partial charge in [0.15, 0.2) is 0 Å². The smallest absolute Gasteiger partial charge is 0.0839 e. The number of fused-ring (bicyclic) bond motifs is 1. The Kier molecular flexibility index (Phi) is 6.27. The van der Waals surface area contributed by atoms with Crippen LogP contribution < -0.4 is 0 Å². The Hall–Kier alpha value is -2.65. The van der Waals surface area contributed by atoms with Gasteiger partial charge in [0.2, 0.25) is 0 Å². The van der Waals surface area contributed by atoms with Crippen LogP contribution in [0.3, 0.4) is 0 Å². The van der Waals surface area contributed by atoms with Crippen LogP contribution in [0, 0.1) is 0 Å². The molecule has 0 bridgehead atoms. The van der Waals surface area contributed by atoms with Crippen molar-refractivity contribution in [3.8, 4) is 0 Å². The maximum Gasteiger partial charge on any atom is 0.0839 e. The molecular weight excluding hydrogens is 453 g/mol. The lowest BCUT2D eigenvalue weighted by Gasteiger charge is -2.21. The highest BCUT2D eigenvalue weighted by atomic mass is 35.5. The van der Waals surface area contributed by atoms with Crippen molar-refractivity contribution >= 4 is 45.9 Å². The topological polar surface area (TPSA) is 4.93 Å². The Morgan fingerprint density at radius 1 is 0.688 bits per heavy atom. The van der Waals surface area contributed by atoms with E-state index in [0.717, 1.165) is 11.3 Å². The molecule has 5 rings (SSSR count). The molecule has 1 heterocycles. The number of hydrogen-bond acceptors (Lipinski definition) is 1. The summed E-state index contributed by atoms with van der Waals surface area (Å²) in [5, 5.41) is 2.44. The first-order chi connectivity index (χ1) is 15.7. The van der Waals surface area contributed by atoms with E-state index >= 15 is 0 Å². The summed E-state index contributed by atoms with van der Waals surface area (Å²) in [6.07, 6.45) is 2.29. The van der Waals surface area contributed by atoms with Crippen LogP contribution >= 0.6 is 35.0 Å². The highest BCUT2D eigenvalue weighted by molar-refractivity contribution is 7.98. The summed E-state index contributed by atoms with van der Waals surface area (Å²) in [4.78, 5) is 1.25. The average molecular weight is 474 g/mol. The second-order valence-corrected chi connectivity index (χ2v) is 9.51. The van der Waals surface area contributed by atoms with Gasteiger partial charge in [-0.15, -0.1) is 11.8 Å². The predicted octanol–water partition coefficient (Wildman–Crippen LogP) is 8.88. The Morgan fingerprint density at radius 3 is 1.97 bits per heavy atom. The lowest BCUT2D eigenvalue weighted by atomic mass is 9.98. The Morgan fingerprint density at radius 2 is 1.31 bits per heavy atom. The molecule has 0 aliphatic carbocycles. The number of thioether (sulfide) groups is 1. The van der Waals surface area contributed by atoms with E-state index in [-0.39, 0.29) is 6.04 Å². The van der Waals surface area contributed by atoms with Crippen LogP contribution in [0.2, 0.25) is 10.0 Å². The SMILES string of the molecule is Clc1ccc(CSc2cn(C(c3ccccc3)c3ccccc3)c3ccccc23)cc1Cl. The van der Waals surface area contributed by atoms with E-state index in [1.54, 1.807) is 0 Å². The van der Waals surface area contributed by atoms with Gasteiger partial charge in [0, 0.05) is 22.2 Å². The largest absolute Gasteiger partial charge is 0.335 e. The monoisotopic (exact) mass is 473 g/mol. The number of rotatable bonds is 6. The Labute approximate surface area is 202 Å². The van der Waals surface area contributed by atoms with E-state index in [1.807, 2.05) is 30.0 Å². The summed E-state index contributed by atoms with van der Waals surface area (Å²) in [5.41, 5.74) is 4.91. The van der Waals surface area contributed by atoms with E-state index in [2.05, 4.69) is 95.7 Å². The summed E-state index contributed by atoms with van der Waals surface area (Å²) in [7, 11) is 0. The molecule has 1 nitrogen and oxygen atoms in total. The van der Waals surface area contributed by atoms with Gasteiger partial charge in [0.25, 0.3) is 0 Å². The number of aromatic nitrogens is 1. The molecule has 0 saturated heterocycles. The van der Waals surface area contributed by atoms with Crippen LogP contribution in [0.15, 0.2) is 114 Å². The van der Waals surface area contributed by atoms with Crippen molar-refractivity contribution in [1.82, 2.24) is 4.57 Å². The molecule has 1 aromatic heterocycles. The van der Waals surface area contributed by atoms with Crippen LogP contribution in [0.25, 0.3) is 10.9 Å². The van der Waals surface area contributed by atoms with E-state index in [0.29, 0.717) is 10.0 Å².